The minimum atomic E-state index is -3.90. The number of nitrogens with one attached hydrogen (secondary N) is 3. The molecule has 0 saturated heterocycles. The van der Waals surface area contributed by atoms with Crippen LogP contribution in [0.3, 0.4) is 0 Å². The Bertz CT molecular complexity index is 883. The zero-order chi connectivity index (χ0) is 19.2. The fraction of sp³-hybridized carbons (Fsp3) is 0.125. The standard InChI is InChI=1S/C16H16FN3O5S/c1-2-25-16(22)19-18-15(21)11-3-9-14(10-4-11)26(23,24)20-13-7-5-12(17)6-8-13/h3-10,20H,2H2,1H3,(H,18,21)(H,19,22). The highest BCUT2D eigenvalue weighted by Gasteiger charge is 2.15. The van der Waals surface area contributed by atoms with Crippen LogP contribution in [0.4, 0.5) is 14.9 Å². The van der Waals surface area contributed by atoms with Gasteiger partial charge in [-0.25, -0.2) is 23.0 Å². The molecule has 0 saturated carbocycles. The Morgan fingerprint density at radius 1 is 1.00 bits per heavy atom. The van der Waals surface area contributed by atoms with Crippen molar-refractivity contribution >= 4 is 27.7 Å². The minimum absolute atomic E-state index is 0.0864. The molecule has 0 aliphatic heterocycles. The Hall–Kier alpha value is -3.14. The first-order valence-electron chi connectivity index (χ1n) is 7.43. The second kappa shape index (κ2) is 8.30. The number of amides is 2. The smallest absolute Gasteiger partial charge is 0.426 e. The number of ether oxygens (including phenoxy) is 1. The van der Waals surface area contributed by atoms with Crippen LogP contribution in [0.5, 0.6) is 0 Å². The summed E-state index contributed by atoms with van der Waals surface area (Å²) in [5, 5.41) is 0. The van der Waals surface area contributed by atoms with Crippen molar-refractivity contribution < 1.29 is 27.1 Å². The lowest BCUT2D eigenvalue weighted by Gasteiger charge is -2.09. The molecule has 0 aliphatic rings. The molecule has 2 amide bonds. The second-order valence-electron chi connectivity index (χ2n) is 4.94. The lowest BCUT2D eigenvalue weighted by molar-refractivity contribution is 0.0912. The number of hydrazine groups is 1. The molecule has 3 N–H and O–H groups in total. The third-order valence-electron chi connectivity index (χ3n) is 3.08. The lowest BCUT2D eigenvalue weighted by Crippen LogP contribution is -2.41. The quantitative estimate of drug-likeness (QED) is 0.686. The van der Waals surface area contributed by atoms with Gasteiger partial charge in [-0.15, -0.1) is 0 Å². The molecule has 26 heavy (non-hydrogen) atoms. The van der Waals surface area contributed by atoms with Gasteiger partial charge in [0.15, 0.2) is 0 Å². The molecule has 138 valence electrons. The van der Waals surface area contributed by atoms with E-state index in [1.54, 1.807) is 6.92 Å². The van der Waals surface area contributed by atoms with Crippen LogP contribution in [0.1, 0.15) is 17.3 Å². The van der Waals surface area contributed by atoms with Crippen molar-refractivity contribution in [3.63, 3.8) is 0 Å². The molecular formula is C16H16FN3O5S. The van der Waals surface area contributed by atoms with Gasteiger partial charge in [0, 0.05) is 11.3 Å². The molecule has 10 heteroatoms. The fourth-order valence-corrected chi connectivity index (χ4v) is 2.92. The Morgan fingerprint density at radius 2 is 1.62 bits per heavy atom. The van der Waals surface area contributed by atoms with E-state index in [-0.39, 0.29) is 22.8 Å². The van der Waals surface area contributed by atoms with E-state index in [9.17, 15) is 22.4 Å². The maximum Gasteiger partial charge on any atom is 0.426 e. The van der Waals surface area contributed by atoms with E-state index in [1.807, 2.05) is 5.43 Å². The molecule has 0 aliphatic carbocycles. The van der Waals surface area contributed by atoms with Gasteiger partial charge in [-0.2, -0.15) is 0 Å². The highest BCUT2D eigenvalue weighted by atomic mass is 32.2. The van der Waals surface area contributed by atoms with E-state index in [1.165, 1.54) is 36.4 Å². The molecule has 0 atom stereocenters. The second-order valence-corrected chi connectivity index (χ2v) is 6.62. The molecule has 0 spiro atoms. The van der Waals surface area contributed by atoms with Gasteiger partial charge in [-0.3, -0.25) is 14.9 Å². The number of anilines is 1. The van der Waals surface area contributed by atoms with E-state index in [0.29, 0.717) is 0 Å². The summed E-state index contributed by atoms with van der Waals surface area (Å²) in [6.45, 7) is 1.76. The number of sulfonamides is 1. The normalized spacial score (nSPS) is 10.7. The molecule has 2 aromatic rings. The van der Waals surface area contributed by atoms with Crippen molar-refractivity contribution in [3.05, 3.63) is 59.9 Å². The van der Waals surface area contributed by atoms with E-state index in [2.05, 4.69) is 14.9 Å². The molecule has 2 rings (SSSR count). The van der Waals surface area contributed by atoms with Gasteiger partial charge in [0.1, 0.15) is 5.82 Å². The summed E-state index contributed by atoms with van der Waals surface area (Å²) in [5.74, 6) is -1.13. The van der Waals surface area contributed by atoms with Crippen LogP contribution in [-0.4, -0.2) is 27.0 Å². The predicted molar refractivity (Wildman–Crippen MR) is 91.3 cm³/mol. The molecule has 8 nitrogen and oxygen atoms in total. The number of rotatable bonds is 5. The SMILES string of the molecule is CCOC(=O)NNC(=O)c1ccc(S(=O)(=O)Nc2ccc(F)cc2)cc1. The molecule has 0 aromatic heterocycles. The van der Waals surface area contributed by atoms with Crippen molar-refractivity contribution in [3.8, 4) is 0 Å². The molecule has 0 heterocycles. The highest BCUT2D eigenvalue weighted by Crippen LogP contribution is 2.17. The topological polar surface area (TPSA) is 114 Å². The van der Waals surface area contributed by atoms with Crippen LogP contribution in [-0.2, 0) is 14.8 Å². The zero-order valence-electron chi connectivity index (χ0n) is 13.7. The molecule has 0 unspecified atom stereocenters. The largest absolute Gasteiger partial charge is 0.449 e. The predicted octanol–water partition coefficient (Wildman–Crippen LogP) is 2.02. The van der Waals surface area contributed by atoms with Gasteiger partial charge >= 0.3 is 6.09 Å². The number of benzene rings is 2. The average molecular weight is 381 g/mol. The third-order valence-corrected chi connectivity index (χ3v) is 4.47. The van der Waals surface area contributed by atoms with Crippen molar-refractivity contribution in [2.24, 2.45) is 0 Å². The van der Waals surface area contributed by atoms with Crippen LogP contribution in [0.15, 0.2) is 53.4 Å². The summed E-state index contributed by atoms with van der Waals surface area (Å²) in [7, 11) is -3.90. The van der Waals surface area contributed by atoms with Gasteiger partial charge in [0.25, 0.3) is 15.9 Å². The maximum absolute atomic E-state index is 12.9. The van der Waals surface area contributed by atoms with Crippen LogP contribution in [0, 0.1) is 5.82 Å². The highest BCUT2D eigenvalue weighted by molar-refractivity contribution is 7.92. The van der Waals surface area contributed by atoms with Gasteiger partial charge in [-0.1, -0.05) is 0 Å². The van der Waals surface area contributed by atoms with Crippen molar-refractivity contribution in [1.82, 2.24) is 10.9 Å². The number of carbonyl (C=O) groups is 2. The Balaban J connectivity index is 2.04. The van der Waals surface area contributed by atoms with Crippen LogP contribution < -0.4 is 15.6 Å². The molecule has 0 fully saturated rings. The number of halogens is 1. The Morgan fingerprint density at radius 3 is 2.19 bits per heavy atom. The summed E-state index contributed by atoms with van der Waals surface area (Å²) in [5.41, 5.74) is 4.49. The number of hydrogen-bond acceptors (Lipinski definition) is 5. The summed E-state index contributed by atoms with van der Waals surface area (Å²) in [6.07, 6.45) is -0.816. The minimum Gasteiger partial charge on any atom is -0.449 e. The lowest BCUT2D eigenvalue weighted by atomic mass is 10.2. The van der Waals surface area contributed by atoms with Crippen molar-refractivity contribution in [1.29, 1.82) is 0 Å². The fourth-order valence-electron chi connectivity index (χ4n) is 1.86. The van der Waals surface area contributed by atoms with Gasteiger partial charge in [0.05, 0.1) is 11.5 Å². The average Bonchev–Trinajstić information content (AvgIpc) is 2.62. The molecule has 0 radical (unpaired) electrons. The number of carbonyl (C=O) groups excluding carboxylic acids is 2. The summed E-state index contributed by atoms with van der Waals surface area (Å²) in [4.78, 5) is 22.9. The maximum atomic E-state index is 12.9. The third kappa shape index (κ3) is 5.18. The van der Waals surface area contributed by atoms with E-state index in [4.69, 9.17) is 0 Å². The first-order valence-corrected chi connectivity index (χ1v) is 8.91. The van der Waals surface area contributed by atoms with Crippen molar-refractivity contribution in [2.75, 3.05) is 11.3 Å². The summed E-state index contributed by atoms with van der Waals surface area (Å²) < 4.78 is 44.3. The Kier molecular flexibility index (Phi) is 6.12. The summed E-state index contributed by atoms with van der Waals surface area (Å²) >= 11 is 0. The van der Waals surface area contributed by atoms with Crippen LogP contribution in [0.25, 0.3) is 0 Å². The van der Waals surface area contributed by atoms with Crippen LogP contribution in [0.2, 0.25) is 0 Å². The molecular weight excluding hydrogens is 365 g/mol. The molecule has 0 bridgehead atoms. The van der Waals surface area contributed by atoms with Crippen LogP contribution >= 0.6 is 0 Å². The first kappa shape index (κ1) is 19.2. The monoisotopic (exact) mass is 381 g/mol. The number of hydrogen-bond donors (Lipinski definition) is 3. The first-order chi connectivity index (χ1) is 12.3. The summed E-state index contributed by atoms with van der Waals surface area (Å²) in [6, 6.07) is 9.84. The van der Waals surface area contributed by atoms with Gasteiger partial charge in [-0.05, 0) is 55.5 Å². The van der Waals surface area contributed by atoms with E-state index in [0.717, 1.165) is 12.1 Å². The van der Waals surface area contributed by atoms with E-state index < -0.39 is 27.8 Å². The molecule has 2 aromatic carbocycles. The van der Waals surface area contributed by atoms with Gasteiger partial charge in [0.2, 0.25) is 0 Å². The zero-order valence-corrected chi connectivity index (χ0v) is 14.5. The van der Waals surface area contributed by atoms with E-state index >= 15 is 0 Å². The Labute approximate surface area is 149 Å². The van der Waals surface area contributed by atoms with Gasteiger partial charge < -0.3 is 4.74 Å². The van der Waals surface area contributed by atoms with Crippen molar-refractivity contribution in [2.45, 2.75) is 11.8 Å².